The van der Waals surface area contributed by atoms with Crippen molar-refractivity contribution in [1.29, 1.82) is 0 Å². The number of nitrogen functional groups attached to an aromatic ring is 1. The Kier molecular flexibility index (Phi) is 4.43. The van der Waals surface area contributed by atoms with Crippen LogP contribution in [0, 0.1) is 5.92 Å². The first-order chi connectivity index (χ1) is 9.13. The van der Waals surface area contributed by atoms with Gasteiger partial charge in [-0.3, -0.25) is 4.79 Å². The molecule has 2 N–H and O–H groups in total. The van der Waals surface area contributed by atoms with Gasteiger partial charge in [0.2, 0.25) is 5.91 Å². The van der Waals surface area contributed by atoms with E-state index in [1.807, 2.05) is 36.1 Å². The van der Waals surface area contributed by atoms with Gasteiger partial charge in [-0.1, -0.05) is 13.0 Å². The number of benzene rings is 1. The van der Waals surface area contributed by atoms with Gasteiger partial charge in [-0.05, 0) is 38.0 Å². The molecule has 0 spiro atoms. The molecule has 104 valence electrons. The third kappa shape index (κ3) is 3.07. The molecule has 4 nitrogen and oxygen atoms in total. The number of carbonyl (C=O) groups is 1. The van der Waals surface area contributed by atoms with Crippen molar-refractivity contribution in [3.8, 4) is 0 Å². The molecule has 2 rings (SSSR count). The summed E-state index contributed by atoms with van der Waals surface area (Å²) in [6, 6.07) is 7.51. The van der Waals surface area contributed by atoms with Crippen LogP contribution in [0.2, 0.25) is 0 Å². The second kappa shape index (κ2) is 6.06. The third-order valence-corrected chi connectivity index (χ3v) is 3.59. The molecular weight excluding hydrogens is 240 g/mol. The van der Waals surface area contributed by atoms with E-state index >= 15 is 0 Å². The molecule has 1 aliphatic heterocycles. The first kappa shape index (κ1) is 13.9. The Morgan fingerprint density at radius 3 is 2.89 bits per heavy atom. The number of nitrogens with zero attached hydrogens (tertiary/aromatic N) is 1. The van der Waals surface area contributed by atoms with Crippen LogP contribution < -0.4 is 10.6 Å². The van der Waals surface area contributed by atoms with Crippen molar-refractivity contribution >= 4 is 17.3 Å². The Morgan fingerprint density at radius 1 is 1.53 bits per heavy atom. The van der Waals surface area contributed by atoms with E-state index in [9.17, 15) is 4.79 Å². The van der Waals surface area contributed by atoms with E-state index in [2.05, 4.69) is 6.92 Å². The topological polar surface area (TPSA) is 55.6 Å². The molecular formula is C15H22N2O2. The number of amides is 1. The predicted octanol–water partition coefficient (Wildman–Crippen LogP) is 2.44. The molecule has 1 aliphatic rings. The minimum Gasteiger partial charge on any atom is -0.399 e. The molecule has 1 heterocycles. The van der Waals surface area contributed by atoms with Crippen molar-refractivity contribution in [3.05, 3.63) is 24.3 Å². The van der Waals surface area contributed by atoms with Crippen LogP contribution in [0.15, 0.2) is 24.3 Å². The monoisotopic (exact) mass is 262 g/mol. The number of ether oxygens (including phenoxy) is 1. The zero-order chi connectivity index (χ0) is 13.8. The zero-order valence-corrected chi connectivity index (χ0v) is 11.6. The maximum absolute atomic E-state index is 12.7. The van der Waals surface area contributed by atoms with E-state index in [0.29, 0.717) is 18.8 Å². The first-order valence-electron chi connectivity index (χ1n) is 6.92. The summed E-state index contributed by atoms with van der Waals surface area (Å²) in [4.78, 5) is 14.5. The second-order valence-electron chi connectivity index (χ2n) is 5.06. The van der Waals surface area contributed by atoms with Crippen LogP contribution in [-0.4, -0.2) is 25.2 Å². The minimum absolute atomic E-state index is 0.00733. The summed E-state index contributed by atoms with van der Waals surface area (Å²) >= 11 is 0. The SMILES string of the molecule is CCCN(C(=O)C1CCOC1C)c1cccc(N)c1. The van der Waals surface area contributed by atoms with Gasteiger partial charge in [0.15, 0.2) is 0 Å². The van der Waals surface area contributed by atoms with Gasteiger partial charge in [0, 0.05) is 24.5 Å². The van der Waals surface area contributed by atoms with Crippen LogP contribution in [0.3, 0.4) is 0 Å². The molecule has 1 amide bonds. The van der Waals surface area contributed by atoms with Crippen LogP contribution in [0.1, 0.15) is 26.7 Å². The highest BCUT2D eigenvalue weighted by Crippen LogP contribution is 2.26. The molecule has 0 bridgehead atoms. The lowest BCUT2D eigenvalue weighted by atomic mass is 10.0. The molecule has 1 fully saturated rings. The van der Waals surface area contributed by atoms with E-state index in [4.69, 9.17) is 10.5 Å². The van der Waals surface area contributed by atoms with Gasteiger partial charge in [0.1, 0.15) is 0 Å². The fraction of sp³-hybridized carbons (Fsp3) is 0.533. The lowest BCUT2D eigenvalue weighted by Gasteiger charge is -2.26. The van der Waals surface area contributed by atoms with E-state index in [1.165, 1.54) is 0 Å². The molecule has 2 atom stereocenters. The summed E-state index contributed by atoms with van der Waals surface area (Å²) in [5, 5.41) is 0. The summed E-state index contributed by atoms with van der Waals surface area (Å²) in [5.74, 6) is 0.116. The Labute approximate surface area is 114 Å². The largest absolute Gasteiger partial charge is 0.399 e. The Bertz CT molecular complexity index is 448. The molecule has 0 radical (unpaired) electrons. The number of hydrogen-bond acceptors (Lipinski definition) is 3. The van der Waals surface area contributed by atoms with Gasteiger partial charge < -0.3 is 15.4 Å². The van der Waals surface area contributed by atoms with Crippen molar-refractivity contribution in [2.75, 3.05) is 23.8 Å². The number of nitrogens with two attached hydrogens (primary N) is 1. The van der Waals surface area contributed by atoms with Crippen molar-refractivity contribution in [3.63, 3.8) is 0 Å². The van der Waals surface area contributed by atoms with Crippen molar-refractivity contribution < 1.29 is 9.53 Å². The maximum atomic E-state index is 12.7. The lowest BCUT2D eigenvalue weighted by Crippen LogP contribution is -2.39. The molecule has 0 aliphatic carbocycles. The highest BCUT2D eigenvalue weighted by molar-refractivity contribution is 5.95. The minimum atomic E-state index is -0.0343. The van der Waals surface area contributed by atoms with E-state index in [0.717, 1.165) is 18.5 Å². The van der Waals surface area contributed by atoms with E-state index in [-0.39, 0.29) is 17.9 Å². The average Bonchev–Trinajstić information content (AvgIpc) is 2.81. The van der Waals surface area contributed by atoms with Gasteiger partial charge >= 0.3 is 0 Å². The molecule has 0 saturated carbocycles. The van der Waals surface area contributed by atoms with E-state index < -0.39 is 0 Å². The Balaban J connectivity index is 2.22. The maximum Gasteiger partial charge on any atom is 0.232 e. The number of anilines is 2. The van der Waals surface area contributed by atoms with Crippen LogP contribution >= 0.6 is 0 Å². The second-order valence-corrected chi connectivity index (χ2v) is 5.06. The van der Waals surface area contributed by atoms with Gasteiger partial charge in [0.05, 0.1) is 12.0 Å². The van der Waals surface area contributed by atoms with Crippen LogP contribution in [0.25, 0.3) is 0 Å². The highest BCUT2D eigenvalue weighted by atomic mass is 16.5. The van der Waals surface area contributed by atoms with E-state index in [1.54, 1.807) is 0 Å². The summed E-state index contributed by atoms with van der Waals surface area (Å²) < 4.78 is 5.50. The summed E-state index contributed by atoms with van der Waals surface area (Å²) in [6.45, 7) is 5.43. The van der Waals surface area contributed by atoms with Crippen LogP contribution in [0.4, 0.5) is 11.4 Å². The summed E-state index contributed by atoms with van der Waals surface area (Å²) in [5.41, 5.74) is 7.37. The van der Waals surface area contributed by atoms with Gasteiger partial charge in [-0.25, -0.2) is 0 Å². The van der Waals surface area contributed by atoms with Crippen molar-refractivity contribution in [1.82, 2.24) is 0 Å². The molecule has 1 aromatic rings. The van der Waals surface area contributed by atoms with Gasteiger partial charge in [-0.2, -0.15) is 0 Å². The standard InChI is InChI=1S/C15H22N2O2/c1-3-8-17(13-6-4-5-12(16)10-13)15(18)14-7-9-19-11(14)2/h4-6,10-11,14H,3,7-9,16H2,1-2H3. The number of hydrogen-bond donors (Lipinski definition) is 1. The molecule has 4 heteroatoms. The normalized spacial score (nSPS) is 22.4. The molecule has 2 unspecified atom stereocenters. The van der Waals surface area contributed by atoms with Gasteiger partial charge in [-0.15, -0.1) is 0 Å². The summed E-state index contributed by atoms with van der Waals surface area (Å²) in [6.07, 6.45) is 1.73. The molecule has 19 heavy (non-hydrogen) atoms. The quantitative estimate of drug-likeness (QED) is 0.848. The zero-order valence-electron chi connectivity index (χ0n) is 11.6. The fourth-order valence-electron chi connectivity index (χ4n) is 2.54. The first-order valence-corrected chi connectivity index (χ1v) is 6.92. The fourth-order valence-corrected chi connectivity index (χ4v) is 2.54. The summed E-state index contributed by atoms with van der Waals surface area (Å²) in [7, 11) is 0. The Hall–Kier alpha value is -1.55. The molecule has 0 aromatic heterocycles. The Morgan fingerprint density at radius 2 is 2.32 bits per heavy atom. The van der Waals surface area contributed by atoms with Crippen LogP contribution in [-0.2, 0) is 9.53 Å². The van der Waals surface area contributed by atoms with Crippen molar-refractivity contribution in [2.24, 2.45) is 5.92 Å². The van der Waals surface area contributed by atoms with Gasteiger partial charge in [0.25, 0.3) is 0 Å². The average molecular weight is 262 g/mol. The van der Waals surface area contributed by atoms with Crippen LogP contribution in [0.5, 0.6) is 0 Å². The highest BCUT2D eigenvalue weighted by Gasteiger charge is 2.34. The van der Waals surface area contributed by atoms with Crippen molar-refractivity contribution in [2.45, 2.75) is 32.8 Å². The number of carbonyl (C=O) groups excluding carboxylic acids is 1. The number of rotatable bonds is 4. The smallest absolute Gasteiger partial charge is 0.232 e. The lowest BCUT2D eigenvalue weighted by molar-refractivity contribution is -0.123. The molecule has 1 aromatic carbocycles. The third-order valence-electron chi connectivity index (χ3n) is 3.59. The predicted molar refractivity (Wildman–Crippen MR) is 77.0 cm³/mol. The molecule has 1 saturated heterocycles.